The van der Waals surface area contributed by atoms with Crippen LogP contribution in [-0.2, 0) is 11.3 Å². The number of carbonyl (C=O) groups is 2. The molecule has 3 aromatic rings. The monoisotopic (exact) mass is 436 g/mol. The molecule has 0 spiro atoms. The Bertz CT molecular complexity index is 1150. The summed E-state index contributed by atoms with van der Waals surface area (Å²) in [7, 11) is 0. The Kier molecular flexibility index (Phi) is 5.82. The van der Waals surface area contributed by atoms with Crippen LogP contribution in [0.1, 0.15) is 59.3 Å². The van der Waals surface area contributed by atoms with Gasteiger partial charge in [-0.05, 0) is 71.2 Å². The molecule has 3 heterocycles. The number of amides is 2. The third kappa shape index (κ3) is 4.02. The van der Waals surface area contributed by atoms with Gasteiger partial charge in [0.2, 0.25) is 5.91 Å². The molecule has 1 aromatic carbocycles. The van der Waals surface area contributed by atoms with Gasteiger partial charge in [0.1, 0.15) is 16.9 Å². The molecule has 1 N–H and O–H groups in total. The predicted molar refractivity (Wildman–Crippen MR) is 117 cm³/mol. The average molecular weight is 437 g/mol. The van der Waals surface area contributed by atoms with E-state index in [1.165, 1.54) is 0 Å². The molecular formula is C23H28N6O3. The Morgan fingerprint density at radius 1 is 1.16 bits per heavy atom. The second-order valence-electron chi connectivity index (χ2n) is 8.56. The third-order valence-corrected chi connectivity index (χ3v) is 6.14. The molecule has 1 atom stereocenters. The van der Waals surface area contributed by atoms with Crippen LogP contribution in [-0.4, -0.2) is 48.9 Å². The lowest BCUT2D eigenvalue weighted by Gasteiger charge is -2.43. The van der Waals surface area contributed by atoms with Gasteiger partial charge in [-0.1, -0.05) is 16.4 Å². The molecule has 1 fully saturated rings. The fraction of sp³-hybridized carbons (Fsp3) is 0.435. The number of carbonyl (C=O) groups excluding carboxylic acids is 2. The molecule has 32 heavy (non-hydrogen) atoms. The Morgan fingerprint density at radius 2 is 1.97 bits per heavy atom. The van der Waals surface area contributed by atoms with Crippen molar-refractivity contribution < 1.29 is 14.2 Å². The largest absolute Gasteiger partial charge is 0.348 e. The SMILES string of the molecule is Cc1cc(C)n(-c2cccc(C(=O)N3CCCC[C@@]3(C)C(=O)NCc3nonc3C)c2)n1. The summed E-state index contributed by atoms with van der Waals surface area (Å²) in [6.07, 6.45) is 2.33. The summed E-state index contributed by atoms with van der Waals surface area (Å²) >= 11 is 0. The zero-order valence-corrected chi connectivity index (χ0v) is 18.9. The van der Waals surface area contributed by atoms with Crippen molar-refractivity contribution >= 4 is 11.8 Å². The van der Waals surface area contributed by atoms with Crippen LogP contribution in [0, 0.1) is 20.8 Å². The van der Waals surface area contributed by atoms with Crippen LogP contribution >= 0.6 is 0 Å². The number of rotatable bonds is 5. The molecule has 1 aliphatic heterocycles. The van der Waals surface area contributed by atoms with Gasteiger partial charge in [-0.15, -0.1) is 0 Å². The van der Waals surface area contributed by atoms with Crippen LogP contribution in [0.3, 0.4) is 0 Å². The number of aryl methyl sites for hydroxylation is 3. The van der Waals surface area contributed by atoms with Crippen molar-refractivity contribution in [2.75, 3.05) is 6.54 Å². The van der Waals surface area contributed by atoms with Crippen LogP contribution in [0.4, 0.5) is 0 Å². The Hall–Kier alpha value is -3.49. The number of hydrogen-bond donors (Lipinski definition) is 1. The lowest BCUT2D eigenvalue weighted by Crippen LogP contribution is -2.60. The standard InChI is InChI=1S/C23H28N6O3/c1-15-12-16(2)29(25-15)19-9-7-8-18(13-19)21(30)28-11-6-5-10-23(28,4)22(31)24-14-20-17(3)26-32-27-20/h7-9,12-13H,5-6,10-11,14H2,1-4H3,(H,24,31)/t23-/m0/s1. The van der Waals surface area contributed by atoms with Gasteiger partial charge in [0.05, 0.1) is 17.9 Å². The zero-order valence-electron chi connectivity index (χ0n) is 18.9. The number of benzene rings is 1. The number of nitrogens with zero attached hydrogens (tertiary/aromatic N) is 5. The van der Waals surface area contributed by atoms with E-state index >= 15 is 0 Å². The molecule has 2 amide bonds. The molecule has 1 saturated heterocycles. The summed E-state index contributed by atoms with van der Waals surface area (Å²) in [5.74, 6) is -0.368. The number of piperidine rings is 1. The van der Waals surface area contributed by atoms with Crippen molar-refractivity contribution in [3.63, 3.8) is 0 Å². The first kappa shape index (κ1) is 21.7. The van der Waals surface area contributed by atoms with E-state index in [2.05, 4.69) is 20.7 Å². The van der Waals surface area contributed by atoms with Crippen molar-refractivity contribution in [2.45, 2.75) is 59.0 Å². The van der Waals surface area contributed by atoms with Crippen LogP contribution in [0.25, 0.3) is 5.69 Å². The van der Waals surface area contributed by atoms with Crippen molar-refractivity contribution in [3.8, 4) is 5.69 Å². The van der Waals surface area contributed by atoms with E-state index in [9.17, 15) is 9.59 Å². The molecule has 9 heteroatoms. The molecule has 0 unspecified atom stereocenters. The summed E-state index contributed by atoms with van der Waals surface area (Å²) in [6.45, 7) is 8.25. The van der Waals surface area contributed by atoms with Crippen LogP contribution < -0.4 is 5.32 Å². The fourth-order valence-corrected chi connectivity index (χ4v) is 4.26. The number of nitrogens with one attached hydrogen (secondary N) is 1. The second-order valence-corrected chi connectivity index (χ2v) is 8.56. The normalized spacial score (nSPS) is 18.6. The molecule has 9 nitrogen and oxygen atoms in total. The zero-order chi connectivity index (χ0) is 22.9. The minimum absolute atomic E-state index is 0.162. The molecule has 0 aliphatic carbocycles. The van der Waals surface area contributed by atoms with E-state index in [4.69, 9.17) is 4.63 Å². The molecule has 1 aliphatic rings. The lowest BCUT2D eigenvalue weighted by molar-refractivity contribution is -0.133. The van der Waals surface area contributed by atoms with E-state index in [0.29, 0.717) is 29.9 Å². The van der Waals surface area contributed by atoms with Gasteiger partial charge in [-0.25, -0.2) is 9.31 Å². The Morgan fingerprint density at radius 3 is 2.66 bits per heavy atom. The second kappa shape index (κ2) is 8.57. The first-order chi connectivity index (χ1) is 15.3. The van der Waals surface area contributed by atoms with Crippen LogP contribution in [0.5, 0.6) is 0 Å². The highest BCUT2D eigenvalue weighted by Gasteiger charge is 2.44. The van der Waals surface area contributed by atoms with E-state index in [0.717, 1.165) is 29.9 Å². The molecule has 168 valence electrons. The van der Waals surface area contributed by atoms with Crippen LogP contribution in [0.2, 0.25) is 0 Å². The van der Waals surface area contributed by atoms with Gasteiger partial charge in [0, 0.05) is 17.8 Å². The third-order valence-electron chi connectivity index (χ3n) is 6.14. The first-order valence-corrected chi connectivity index (χ1v) is 10.8. The van der Waals surface area contributed by atoms with Gasteiger partial charge in [0.25, 0.3) is 5.91 Å². The maximum absolute atomic E-state index is 13.6. The Labute approximate surface area is 186 Å². The highest BCUT2D eigenvalue weighted by atomic mass is 16.6. The average Bonchev–Trinajstić information content (AvgIpc) is 3.35. The van der Waals surface area contributed by atoms with Gasteiger partial charge >= 0.3 is 0 Å². The van der Waals surface area contributed by atoms with E-state index in [-0.39, 0.29) is 18.4 Å². The summed E-state index contributed by atoms with van der Waals surface area (Å²) in [4.78, 5) is 28.5. The van der Waals surface area contributed by atoms with Gasteiger partial charge < -0.3 is 10.2 Å². The molecule has 4 rings (SSSR count). The molecule has 0 bridgehead atoms. The summed E-state index contributed by atoms with van der Waals surface area (Å²) in [5.41, 5.74) is 3.52. The van der Waals surface area contributed by atoms with Gasteiger partial charge in [0.15, 0.2) is 0 Å². The molecule has 2 aromatic heterocycles. The fourth-order valence-electron chi connectivity index (χ4n) is 4.26. The highest BCUT2D eigenvalue weighted by Crippen LogP contribution is 2.30. The number of likely N-dealkylation sites (tertiary alicyclic amines) is 1. The minimum Gasteiger partial charge on any atom is -0.348 e. The van der Waals surface area contributed by atoms with Gasteiger partial charge in [-0.2, -0.15) is 5.10 Å². The van der Waals surface area contributed by atoms with Crippen molar-refractivity contribution in [1.82, 2.24) is 30.3 Å². The number of aromatic nitrogens is 4. The van der Waals surface area contributed by atoms with Crippen molar-refractivity contribution in [3.05, 3.63) is 58.7 Å². The highest BCUT2D eigenvalue weighted by molar-refractivity contribution is 5.99. The maximum atomic E-state index is 13.6. The lowest BCUT2D eigenvalue weighted by atomic mass is 9.86. The topological polar surface area (TPSA) is 106 Å². The van der Waals surface area contributed by atoms with E-state index in [1.807, 2.05) is 49.7 Å². The van der Waals surface area contributed by atoms with E-state index in [1.54, 1.807) is 17.9 Å². The van der Waals surface area contributed by atoms with E-state index < -0.39 is 5.54 Å². The number of hydrogen-bond acceptors (Lipinski definition) is 6. The van der Waals surface area contributed by atoms with Crippen LogP contribution in [0.15, 0.2) is 35.0 Å². The summed E-state index contributed by atoms with van der Waals surface area (Å²) in [5, 5.41) is 15.0. The predicted octanol–water partition coefficient (Wildman–Crippen LogP) is 2.88. The summed E-state index contributed by atoms with van der Waals surface area (Å²) < 4.78 is 6.52. The first-order valence-electron chi connectivity index (χ1n) is 10.8. The van der Waals surface area contributed by atoms with Crippen molar-refractivity contribution in [2.24, 2.45) is 0 Å². The summed E-state index contributed by atoms with van der Waals surface area (Å²) in [6, 6.07) is 9.38. The maximum Gasteiger partial charge on any atom is 0.254 e. The molecule has 0 saturated carbocycles. The minimum atomic E-state index is -0.950. The smallest absolute Gasteiger partial charge is 0.254 e. The quantitative estimate of drug-likeness (QED) is 0.659. The van der Waals surface area contributed by atoms with Gasteiger partial charge in [-0.3, -0.25) is 9.59 Å². The Balaban J connectivity index is 1.57. The molecular weight excluding hydrogens is 408 g/mol. The van der Waals surface area contributed by atoms with Crippen molar-refractivity contribution in [1.29, 1.82) is 0 Å². The molecule has 0 radical (unpaired) electrons.